The number of halogens is 1. The fourth-order valence-corrected chi connectivity index (χ4v) is 4.45. The molecule has 0 unspecified atom stereocenters. The molecule has 2 heterocycles. The third-order valence-electron chi connectivity index (χ3n) is 4.57. The number of nitrogens with zero attached hydrogens (tertiary/aromatic N) is 1. The average Bonchev–Trinajstić information content (AvgIpc) is 2.98. The topological polar surface area (TPSA) is 40.5 Å². The summed E-state index contributed by atoms with van der Waals surface area (Å²) in [4.78, 5) is 16.1. The molecule has 0 spiro atoms. The molecular formula is C18H20ClNO2S. The number of piperidine rings is 1. The smallest absolute Gasteiger partial charge is 0.308 e. The number of thiophene rings is 1. The highest BCUT2D eigenvalue weighted by Crippen LogP contribution is 2.32. The summed E-state index contributed by atoms with van der Waals surface area (Å²) in [7, 11) is 0. The van der Waals surface area contributed by atoms with Gasteiger partial charge in [-0.15, -0.1) is 11.3 Å². The Bertz CT molecular complexity index is 700. The van der Waals surface area contributed by atoms with Crippen LogP contribution < -0.4 is 0 Å². The third-order valence-corrected chi connectivity index (χ3v) is 5.92. The summed E-state index contributed by atoms with van der Waals surface area (Å²) in [6.07, 6.45) is 1.74. The first-order valence-electron chi connectivity index (χ1n) is 7.86. The van der Waals surface area contributed by atoms with Crippen molar-refractivity contribution in [3.05, 3.63) is 46.3 Å². The molecule has 1 aliphatic rings. The highest BCUT2D eigenvalue weighted by atomic mass is 35.5. The van der Waals surface area contributed by atoms with Gasteiger partial charge in [0.2, 0.25) is 0 Å². The van der Waals surface area contributed by atoms with Crippen LogP contribution in [0.15, 0.2) is 36.4 Å². The van der Waals surface area contributed by atoms with Gasteiger partial charge in [0.1, 0.15) is 0 Å². The normalized spacial score (nSPS) is 22.2. The van der Waals surface area contributed by atoms with Gasteiger partial charge in [-0.25, -0.2) is 0 Å². The molecule has 1 aromatic carbocycles. The van der Waals surface area contributed by atoms with Gasteiger partial charge < -0.3 is 5.11 Å². The molecule has 1 fully saturated rings. The zero-order valence-corrected chi connectivity index (χ0v) is 14.6. The average molecular weight is 350 g/mol. The first kappa shape index (κ1) is 16.5. The van der Waals surface area contributed by atoms with Gasteiger partial charge in [-0.2, -0.15) is 0 Å². The molecule has 3 rings (SSSR count). The molecule has 2 atom stereocenters. The van der Waals surface area contributed by atoms with Crippen molar-refractivity contribution in [3.8, 4) is 10.4 Å². The molecule has 0 amide bonds. The number of hydrogen-bond donors (Lipinski definition) is 1. The van der Waals surface area contributed by atoms with E-state index in [1.807, 2.05) is 25.1 Å². The second-order valence-corrected chi connectivity index (χ2v) is 7.68. The third kappa shape index (κ3) is 3.77. The number of likely N-dealkylation sites (tertiary alicyclic amines) is 1. The Kier molecular flexibility index (Phi) is 5.05. The van der Waals surface area contributed by atoms with E-state index in [2.05, 4.69) is 23.1 Å². The number of hydrogen-bond acceptors (Lipinski definition) is 3. The summed E-state index contributed by atoms with van der Waals surface area (Å²) in [5.41, 5.74) is 1.13. The Morgan fingerprint density at radius 2 is 2.22 bits per heavy atom. The predicted molar refractivity (Wildman–Crippen MR) is 95.0 cm³/mol. The molecule has 122 valence electrons. The molecule has 1 N–H and O–H groups in total. The van der Waals surface area contributed by atoms with E-state index in [4.69, 9.17) is 11.6 Å². The predicted octanol–water partition coefficient (Wildman–Crippen LogP) is 4.75. The van der Waals surface area contributed by atoms with Gasteiger partial charge >= 0.3 is 5.97 Å². The summed E-state index contributed by atoms with van der Waals surface area (Å²) in [5, 5.41) is 10.1. The number of aliphatic carboxylic acids is 1. The monoisotopic (exact) mass is 349 g/mol. The lowest BCUT2D eigenvalue weighted by Gasteiger charge is -2.37. The van der Waals surface area contributed by atoms with Crippen LogP contribution in [0.25, 0.3) is 10.4 Å². The molecule has 1 aliphatic heterocycles. The number of rotatable bonds is 4. The molecule has 5 heteroatoms. The molecule has 3 nitrogen and oxygen atoms in total. The van der Waals surface area contributed by atoms with Crippen molar-refractivity contribution >= 4 is 28.9 Å². The van der Waals surface area contributed by atoms with Gasteiger partial charge in [0.25, 0.3) is 0 Å². The zero-order chi connectivity index (χ0) is 16.4. The van der Waals surface area contributed by atoms with Crippen molar-refractivity contribution in [2.45, 2.75) is 32.4 Å². The van der Waals surface area contributed by atoms with Crippen LogP contribution in [0.1, 0.15) is 24.6 Å². The Morgan fingerprint density at radius 1 is 1.39 bits per heavy atom. The summed E-state index contributed by atoms with van der Waals surface area (Å²) in [6, 6.07) is 12.2. The maximum absolute atomic E-state index is 11.3. The molecule has 23 heavy (non-hydrogen) atoms. The standard InChI is InChI=1S/C18H20ClNO2S/c1-12-16(18(21)22)6-3-9-20(12)11-15-7-8-17(23-15)13-4-2-5-14(19)10-13/h2,4-5,7-8,10,12,16H,3,6,9,11H2,1H3,(H,21,22)/t12-,16-/m1/s1. The van der Waals surface area contributed by atoms with Crippen molar-refractivity contribution < 1.29 is 9.90 Å². The minimum absolute atomic E-state index is 0.0815. The summed E-state index contributed by atoms with van der Waals surface area (Å²) < 4.78 is 0. The van der Waals surface area contributed by atoms with Crippen LogP contribution in [0, 0.1) is 5.92 Å². The van der Waals surface area contributed by atoms with Crippen molar-refractivity contribution in [2.75, 3.05) is 6.54 Å². The number of carboxylic acid groups (broad SMARTS) is 1. The largest absolute Gasteiger partial charge is 0.481 e. The molecular weight excluding hydrogens is 330 g/mol. The van der Waals surface area contributed by atoms with E-state index >= 15 is 0 Å². The van der Waals surface area contributed by atoms with E-state index < -0.39 is 5.97 Å². The summed E-state index contributed by atoms with van der Waals surface area (Å²) in [5.74, 6) is -0.927. The number of carbonyl (C=O) groups is 1. The lowest BCUT2D eigenvalue weighted by Crippen LogP contribution is -2.45. The number of carboxylic acids is 1. The van der Waals surface area contributed by atoms with E-state index in [-0.39, 0.29) is 12.0 Å². The van der Waals surface area contributed by atoms with Crippen LogP contribution in [0.3, 0.4) is 0 Å². The lowest BCUT2D eigenvalue weighted by molar-refractivity contribution is -0.145. The first-order valence-corrected chi connectivity index (χ1v) is 9.05. The Balaban J connectivity index is 1.73. The highest BCUT2D eigenvalue weighted by Gasteiger charge is 2.32. The minimum atomic E-state index is -0.673. The van der Waals surface area contributed by atoms with Gasteiger partial charge in [-0.1, -0.05) is 23.7 Å². The number of benzene rings is 1. The van der Waals surface area contributed by atoms with Gasteiger partial charge in [0.15, 0.2) is 0 Å². The molecule has 0 aliphatic carbocycles. The fraction of sp³-hybridized carbons (Fsp3) is 0.389. The summed E-state index contributed by atoms with van der Waals surface area (Å²) >= 11 is 7.82. The van der Waals surface area contributed by atoms with Gasteiger partial charge in [0, 0.05) is 27.4 Å². The molecule has 0 bridgehead atoms. The van der Waals surface area contributed by atoms with Crippen LogP contribution in [0.5, 0.6) is 0 Å². The lowest BCUT2D eigenvalue weighted by atomic mass is 9.90. The van der Waals surface area contributed by atoms with Gasteiger partial charge in [-0.05, 0) is 56.1 Å². The van der Waals surface area contributed by atoms with E-state index in [9.17, 15) is 9.90 Å². The maximum Gasteiger partial charge on any atom is 0.308 e. The van der Waals surface area contributed by atoms with Crippen molar-refractivity contribution in [1.29, 1.82) is 0 Å². The maximum atomic E-state index is 11.3. The van der Waals surface area contributed by atoms with Gasteiger partial charge in [-0.3, -0.25) is 9.69 Å². The van der Waals surface area contributed by atoms with Crippen LogP contribution >= 0.6 is 22.9 Å². The van der Waals surface area contributed by atoms with Crippen molar-refractivity contribution in [3.63, 3.8) is 0 Å². The first-order chi connectivity index (χ1) is 11.0. The van der Waals surface area contributed by atoms with Crippen molar-refractivity contribution in [1.82, 2.24) is 4.90 Å². The molecule has 1 saturated heterocycles. The molecule has 1 aromatic heterocycles. The second kappa shape index (κ2) is 7.04. The summed E-state index contributed by atoms with van der Waals surface area (Å²) in [6.45, 7) is 3.81. The minimum Gasteiger partial charge on any atom is -0.481 e. The van der Waals surface area contributed by atoms with E-state index in [0.717, 1.165) is 36.5 Å². The van der Waals surface area contributed by atoms with Crippen LogP contribution in [0.4, 0.5) is 0 Å². The Morgan fingerprint density at radius 3 is 2.96 bits per heavy atom. The highest BCUT2D eigenvalue weighted by molar-refractivity contribution is 7.15. The fourth-order valence-electron chi connectivity index (χ4n) is 3.23. The SMILES string of the molecule is C[C@@H]1[C@H](C(=O)O)CCCN1Cc1ccc(-c2cccc(Cl)c2)s1. The molecule has 0 radical (unpaired) electrons. The van der Waals surface area contributed by atoms with E-state index in [0.29, 0.717) is 0 Å². The van der Waals surface area contributed by atoms with E-state index in [1.165, 1.54) is 9.75 Å². The van der Waals surface area contributed by atoms with Crippen LogP contribution in [-0.2, 0) is 11.3 Å². The quantitative estimate of drug-likeness (QED) is 0.865. The van der Waals surface area contributed by atoms with Crippen molar-refractivity contribution in [2.24, 2.45) is 5.92 Å². The molecule has 2 aromatic rings. The molecule has 0 saturated carbocycles. The second-order valence-electron chi connectivity index (χ2n) is 6.07. The zero-order valence-electron chi connectivity index (χ0n) is 13.0. The van der Waals surface area contributed by atoms with Crippen LogP contribution in [-0.4, -0.2) is 28.6 Å². The van der Waals surface area contributed by atoms with E-state index in [1.54, 1.807) is 11.3 Å². The Labute approximate surface area is 145 Å². The Hall–Kier alpha value is -1.36. The van der Waals surface area contributed by atoms with Crippen LogP contribution in [0.2, 0.25) is 5.02 Å². The van der Waals surface area contributed by atoms with Gasteiger partial charge in [0.05, 0.1) is 5.92 Å².